The molecule has 0 radical (unpaired) electrons. The molecule has 4 atom stereocenters. The van der Waals surface area contributed by atoms with Crippen LogP contribution in [0.3, 0.4) is 0 Å². The zero-order valence-corrected chi connectivity index (χ0v) is 21.7. The lowest BCUT2D eigenvalue weighted by atomic mass is 10.00. The summed E-state index contributed by atoms with van der Waals surface area (Å²) in [5, 5.41) is 15.1. The third-order valence-electron chi connectivity index (χ3n) is 6.44. The second-order valence-electron chi connectivity index (χ2n) is 9.81. The number of aliphatic hydroxyl groups excluding tert-OH is 1. The Bertz CT molecular complexity index is 1010. The van der Waals surface area contributed by atoms with Gasteiger partial charge in [0.05, 0.1) is 11.8 Å². The molecule has 0 bridgehead atoms. The first-order valence-electron chi connectivity index (χ1n) is 12.9. The molecule has 37 heavy (non-hydrogen) atoms. The number of ether oxygens (including phenoxy) is 1. The molecule has 5 N–H and O–H groups in total. The summed E-state index contributed by atoms with van der Waals surface area (Å²) in [6.45, 7) is 7.97. The van der Waals surface area contributed by atoms with Gasteiger partial charge in [0.25, 0.3) is 5.91 Å². The molecule has 9 heteroatoms. The number of nitrogens with one attached hydrogen (secondary N) is 2. The number of rotatable bonds is 14. The number of carbonyl (C=O) groups is 2. The molecule has 2 amide bonds. The maximum absolute atomic E-state index is 13.2. The Morgan fingerprint density at radius 1 is 1.27 bits per heavy atom. The van der Waals surface area contributed by atoms with Crippen LogP contribution in [-0.4, -0.2) is 57.9 Å². The lowest BCUT2D eigenvalue weighted by Crippen LogP contribution is -2.56. The summed E-state index contributed by atoms with van der Waals surface area (Å²) < 4.78 is 5.28. The highest BCUT2D eigenvalue weighted by Crippen LogP contribution is 2.20. The van der Waals surface area contributed by atoms with E-state index in [2.05, 4.69) is 22.3 Å². The number of unbranched alkanes of at least 4 members (excludes halogenated alkanes) is 2. The SMILES string of the molecule is C=CCCCCC(N)C(O)CN(Cc1ccc(-c2ccccn2)cc1)NC(=O)C1NC(=O)OC1C(C)C. The summed E-state index contributed by atoms with van der Waals surface area (Å²) in [6.07, 6.45) is 4.99. The van der Waals surface area contributed by atoms with Crippen molar-refractivity contribution in [2.24, 2.45) is 11.7 Å². The highest BCUT2D eigenvalue weighted by molar-refractivity contribution is 5.88. The fourth-order valence-electron chi connectivity index (χ4n) is 4.30. The second kappa shape index (κ2) is 13.9. The van der Waals surface area contributed by atoms with Crippen LogP contribution in [0.15, 0.2) is 61.3 Å². The molecule has 2 heterocycles. The van der Waals surface area contributed by atoms with E-state index < -0.39 is 36.3 Å². The fraction of sp³-hybridized carbons (Fsp3) is 0.464. The molecule has 0 aliphatic carbocycles. The molecule has 200 valence electrons. The first-order chi connectivity index (χ1) is 17.8. The maximum Gasteiger partial charge on any atom is 0.408 e. The second-order valence-corrected chi connectivity index (χ2v) is 9.81. The largest absolute Gasteiger partial charge is 0.443 e. The third kappa shape index (κ3) is 8.38. The van der Waals surface area contributed by atoms with Crippen LogP contribution in [-0.2, 0) is 16.1 Å². The van der Waals surface area contributed by atoms with Crippen LogP contribution < -0.4 is 16.5 Å². The van der Waals surface area contributed by atoms with Crippen molar-refractivity contribution in [1.82, 2.24) is 20.7 Å². The van der Waals surface area contributed by atoms with Crippen molar-refractivity contribution in [3.05, 3.63) is 66.9 Å². The normalized spacial score (nSPS) is 18.8. The molecular formula is C28H39N5O4. The topological polar surface area (TPSA) is 130 Å². The fourth-order valence-corrected chi connectivity index (χ4v) is 4.30. The molecule has 2 aromatic rings. The minimum atomic E-state index is -0.855. The van der Waals surface area contributed by atoms with Crippen molar-refractivity contribution >= 4 is 12.0 Å². The van der Waals surface area contributed by atoms with E-state index in [1.165, 1.54) is 0 Å². The van der Waals surface area contributed by atoms with E-state index in [0.717, 1.165) is 36.1 Å². The van der Waals surface area contributed by atoms with Gasteiger partial charge in [0.2, 0.25) is 0 Å². The molecule has 1 aromatic heterocycles. The van der Waals surface area contributed by atoms with E-state index in [0.29, 0.717) is 13.0 Å². The predicted octanol–water partition coefficient (Wildman–Crippen LogP) is 3.15. The maximum atomic E-state index is 13.2. The Morgan fingerprint density at radius 3 is 2.68 bits per heavy atom. The molecule has 1 aliphatic heterocycles. The molecule has 0 spiro atoms. The molecule has 3 rings (SSSR count). The number of allylic oxidation sites excluding steroid dienone is 1. The molecule has 1 aromatic carbocycles. The Morgan fingerprint density at radius 2 is 2.03 bits per heavy atom. The zero-order chi connectivity index (χ0) is 26.8. The molecule has 1 aliphatic rings. The first kappa shape index (κ1) is 28.3. The van der Waals surface area contributed by atoms with Gasteiger partial charge in [-0.2, -0.15) is 0 Å². The van der Waals surface area contributed by atoms with E-state index in [9.17, 15) is 14.7 Å². The van der Waals surface area contributed by atoms with Crippen molar-refractivity contribution in [1.29, 1.82) is 0 Å². The number of nitrogens with two attached hydrogens (primary N) is 1. The van der Waals surface area contributed by atoms with Gasteiger partial charge in [0.1, 0.15) is 12.1 Å². The number of nitrogens with zero attached hydrogens (tertiary/aromatic N) is 2. The van der Waals surface area contributed by atoms with Crippen LogP contribution >= 0.6 is 0 Å². The van der Waals surface area contributed by atoms with E-state index >= 15 is 0 Å². The summed E-state index contributed by atoms with van der Waals surface area (Å²) in [7, 11) is 0. The molecule has 1 saturated heterocycles. The lowest BCUT2D eigenvalue weighted by Gasteiger charge is -2.30. The van der Waals surface area contributed by atoms with Crippen LogP contribution in [0.25, 0.3) is 11.3 Å². The summed E-state index contributed by atoms with van der Waals surface area (Å²) in [6, 6.07) is 12.3. The molecular weight excluding hydrogens is 470 g/mol. The van der Waals surface area contributed by atoms with Gasteiger partial charge in [0, 0.05) is 30.9 Å². The summed E-state index contributed by atoms with van der Waals surface area (Å²) in [5.74, 6) is -0.446. The number of alkyl carbamates (subject to hydrolysis) is 1. The van der Waals surface area contributed by atoms with E-state index in [-0.39, 0.29) is 12.5 Å². The summed E-state index contributed by atoms with van der Waals surface area (Å²) >= 11 is 0. The number of aliphatic hydroxyl groups is 1. The number of benzene rings is 1. The van der Waals surface area contributed by atoms with Crippen LogP contribution in [0, 0.1) is 5.92 Å². The van der Waals surface area contributed by atoms with Gasteiger partial charge < -0.3 is 20.9 Å². The van der Waals surface area contributed by atoms with Gasteiger partial charge in [-0.05, 0) is 42.9 Å². The molecule has 0 saturated carbocycles. The number of cyclic esters (lactones) is 1. The number of carbonyl (C=O) groups excluding carboxylic acids is 2. The van der Waals surface area contributed by atoms with Crippen LogP contribution in [0.4, 0.5) is 4.79 Å². The number of aromatic nitrogens is 1. The average molecular weight is 510 g/mol. The average Bonchev–Trinajstić information content (AvgIpc) is 3.29. The van der Waals surface area contributed by atoms with E-state index in [1.54, 1.807) is 11.2 Å². The van der Waals surface area contributed by atoms with E-state index in [1.807, 2.05) is 62.4 Å². The molecule has 4 unspecified atom stereocenters. The van der Waals surface area contributed by atoms with Crippen molar-refractivity contribution in [3.63, 3.8) is 0 Å². The van der Waals surface area contributed by atoms with E-state index in [4.69, 9.17) is 10.5 Å². The highest BCUT2D eigenvalue weighted by Gasteiger charge is 2.41. The number of pyridine rings is 1. The van der Waals surface area contributed by atoms with Crippen LogP contribution in [0.2, 0.25) is 0 Å². The van der Waals surface area contributed by atoms with Crippen molar-refractivity contribution in [2.45, 2.75) is 70.4 Å². The predicted molar refractivity (Wildman–Crippen MR) is 143 cm³/mol. The van der Waals surface area contributed by atoms with Crippen LogP contribution in [0.5, 0.6) is 0 Å². The van der Waals surface area contributed by atoms with Crippen LogP contribution in [0.1, 0.15) is 45.1 Å². The highest BCUT2D eigenvalue weighted by atomic mass is 16.6. The standard InChI is InChI=1S/C28H39N5O4/c1-4-5-6-7-10-22(29)24(34)18-33(32-27(35)25-26(19(2)3)37-28(36)31-25)17-20-12-14-21(15-13-20)23-11-8-9-16-30-23/h4,8-9,11-16,19,22,24-26,34H,1,5-7,10,17-18,29H2,2-3H3,(H,31,36)(H,32,35). The Labute approximate surface area is 219 Å². The van der Waals surface area contributed by atoms with Gasteiger partial charge in [-0.3, -0.25) is 15.2 Å². The number of hydrazine groups is 1. The Kier molecular flexibility index (Phi) is 10.6. The van der Waals surface area contributed by atoms with Gasteiger partial charge in [-0.15, -0.1) is 6.58 Å². The molecule has 1 fully saturated rings. The monoisotopic (exact) mass is 509 g/mol. The summed E-state index contributed by atoms with van der Waals surface area (Å²) in [5.41, 5.74) is 11.9. The Hall–Kier alpha value is -3.27. The number of hydrogen-bond acceptors (Lipinski definition) is 7. The quantitative estimate of drug-likeness (QED) is 0.175. The van der Waals surface area contributed by atoms with Gasteiger partial charge >= 0.3 is 6.09 Å². The van der Waals surface area contributed by atoms with Gasteiger partial charge in [-0.25, -0.2) is 9.80 Å². The first-order valence-corrected chi connectivity index (χ1v) is 12.9. The van der Waals surface area contributed by atoms with Gasteiger partial charge in [0.15, 0.2) is 0 Å². The van der Waals surface area contributed by atoms with Crippen molar-refractivity contribution in [2.75, 3.05) is 6.54 Å². The third-order valence-corrected chi connectivity index (χ3v) is 6.44. The summed E-state index contributed by atoms with van der Waals surface area (Å²) in [4.78, 5) is 29.4. The smallest absolute Gasteiger partial charge is 0.408 e. The van der Waals surface area contributed by atoms with Crippen molar-refractivity contribution < 1.29 is 19.4 Å². The molecule has 9 nitrogen and oxygen atoms in total. The zero-order valence-electron chi connectivity index (χ0n) is 21.7. The number of hydrogen-bond donors (Lipinski definition) is 4. The minimum Gasteiger partial charge on any atom is -0.443 e. The minimum absolute atomic E-state index is 0.0446. The Balaban J connectivity index is 1.70. The van der Waals surface area contributed by atoms with Gasteiger partial charge in [-0.1, -0.05) is 56.7 Å². The lowest BCUT2D eigenvalue weighted by molar-refractivity contribution is -0.130. The van der Waals surface area contributed by atoms with Crippen molar-refractivity contribution in [3.8, 4) is 11.3 Å². The number of amides is 2.